The minimum atomic E-state index is 0.126. The molecule has 0 radical (unpaired) electrons. The van der Waals surface area contributed by atoms with Gasteiger partial charge in [0.15, 0.2) is 0 Å². The molecule has 2 rings (SSSR count). The topological polar surface area (TPSA) is 47.7 Å². The number of piperidine rings is 1. The second kappa shape index (κ2) is 6.35. The summed E-state index contributed by atoms with van der Waals surface area (Å²) >= 11 is 0. The van der Waals surface area contributed by atoms with Crippen molar-refractivity contribution in [2.24, 2.45) is 5.92 Å². The van der Waals surface area contributed by atoms with Crippen LogP contribution in [0.1, 0.15) is 27.2 Å². The van der Waals surface area contributed by atoms with E-state index in [1.165, 1.54) is 0 Å². The van der Waals surface area contributed by atoms with E-state index in [0.29, 0.717) is 11.6 Å². The molecule has 1 aliphatic rings. The standard InChI is InChI=1S/C16H26N2O2/c1-11(2)20-15-9-13(5-6-14(15)17)18-8-7-12(3)16(10-18)19-4/h5-6,9,11-12,16H,7-8,10,17H2,1-4H3. The van der Waals surface area contributed by atoms with Crippen LogP contribution < -0.4 is 15.4 Å². The fourth-order valence-electron chi connectivity index (χ4n) is 2.65. The molecular formula is C16H26N2O2. The Kier molecular flexibility index (Phi) is 4.76. The maximum atomic E-state index is 5.97. The number of hydrogen-bond donors (Lipinski definition) is 1. The zero-order valence-electron chi connectivity index (χ0n) is 12.9. The number of benzene rings is 1. The summed E-state index contributed by atoms with van der Waals surface area (Å²) in [7, 11) is 1.79. The third-order valence-corrected chi connectivity index (χ3v) is 3.92. The molecule has 0 aliphatic carbocycles. The molecule has 0 aromatic heterocycles. The molecule has 2 unspecified atom stereocenters. The summed E-state index contributed by atoms with van der Waals surface area (Å²) in [6.07, 6.45) is 1.56. The molecule has 2 N–H and O–H groups in total. The number of nitrogen functional groups attached to an aromatic ring is 1. The van der Waals surface area contributed by atoms with Crippen molar-refractivity contribution >= 4 is 11.4 Å². The predicted molar refractivity (Wildman–Crippen MR) is 83.4 cm³/mol. The first-order chi connectivity index (χ1) is 9.51. The van der Waals surface area contributed by atoms with E-state index in [2.05, 4.69) is 17.9 Å². The Morgan fingerprint density at radius 2 is 2.10 bits per heavy atom. The molecule has 1 aromatic carbocycles. The number of rotatable bonds is 4. The number of nitrogens with zero attached hydrogens (tertiary/aromatic N) is 1. The van der Waals surface area contributed by atoms with E-state index in [1.807, 2.05) is 26.0 Å². The maximum Gasteiger partial charge on any atom is 0.144 e. The van der Waals surface area contributed by atoms with E-state index >= 15 is 0 Å². The summed E-state index contributed by atoms with van der Waals surface area (Å²) in [5, 5.41) is 0. The van der Waals surface area contributed by atoms with Crippen molar-refractivity contribution in [1.82, 2.24) is 0 Å². The van der Waals surface area contributed by atoms with Crippen LogP contribution in [0, 0.1) is 5.92 Å². The van der Waals surface area contributed by atoms with E-state index in [1.54, 1.807) is 7.11 Å². The van der Waals surface area contributed by atoms with Gasteiger partial charge >= 0.3 is 0 Å². The van der Waals surface area contributed by atoms with Crippen LogP contribution >= 0.6 is 0 Å². The van der Waals surface area contributed by atoms with Crippen LogP contribution in [-0.2, 0) is 4.74 Å². The van der Waals surface area contributed by atoms with Crippen LogP contribution in [0.3, 0.4) is 0 Å². The van der Waals surface area contributed by atoms with Gasteiger partial charge in [0.05, 0.1) is 17.9 Å². The zero-order valence-corrected chi connectivity index (χ0v) is 12.9. The van der Waals surface area contributed by atoms with Crippen LogP contribution in [0.15, 0.2) is 18.2 Å². The summed E-state index contributed by atoms with van der Waals surface area (Å²) in [6.45, 7) is 8.24. The predicted octanol–water partition coefficient (Wildman–Crippen LogP) is 2.92. The van der Waals surface area contributed by atoms with Gasteiger partial charge in [-0.2, -0.15) is 0 Å². The van der Waals surface area contributed by atoms with Crippen molar-refractivity contribution in [2.75, 3.05) is 30.8 Å². The second-order valence-corrected chi connectivity index (χ2v) is 5.87. The Morgan fingerprint density at radius 3 is 2.75 bits per heavy atom. The molecule has 1 heterocycles. The highest BCUT2D eigenvalue weighted by Gasteiger charge is 2.26. The molecule has 112 valence electrons. The SMILES string of the molecule is COC1CN(c2ccc(N)c(OC(C)C)c2)CCC1C. The summed E-state index contributed by atoms with van der Waals surface area (Å²) < 4.78 is 11.3. The van der Waals surface area contributed by atoms with Gasteiger partial charge in [-0.25, -0.2) is 0 Å². The third-order valence-electron chi connectivity index (χ3n) is 3.92. The molecule has 2 atom stereocenters. The lowest BCUT2D eigenvalue weighted by atomic mass is 9.95. The van der Waals surface area contributed by atoms with Crippen LogP contribution in [0.5, 0.6) is 5.75 Å². The van der Waals surface area contributed by atoms with Crippen molar-refractivity contribution in [3.63, 3.8) is 0 Å². The number of nitrogens with two attached hydrogens (primary N) is 1. The van der Waals surface area contributed by atoms with E-state index in [0.717, 1.165) is 30.9 Å². The van der Waals surface area contributed by atoms with Crippen molar-refractivity contribution < 1.29 is 9.47 Å². The fourth-order valence-corrected chi connectivity index (χ4v) is 2.65. The number of hydrogen-bond acceptors (Lipinski definition) is 4. The zero-order chi connectivity index (χ0) is 14.7. The molecule has 0 amide bonds. The minimum absolute atomic E-state index is 0.126. The van der Waals surface area contributed by atoms with Gasteiger partial charge in [0.25, 0.3) is 0 Å². The van der Waals surface area contributed by atoms with Crippen molar-refractivity contribution in [1.29, 1.82) is 0 Å². The van der Waals surface area contributed by atoms with Gasteiger partial charge < -0.3 is 20.1 Å². The van der Waals surface area contributed by atoms with Gasteiger partial charge in [-0.3, -0.25) is 0 Å². The molecular weight excluding hydrogens is 252 g/mol. The lowest BCUT2D eigenvalue weighted by Gasteiger charge is -2.37. The molecule has 0 spiro atoms. The lowest BCUT2D eigenvalue weighted by Crippen LogP contribution is -2.43. The molecule has 1 saturated heterocycles. The van der Waals surface area contributed by atoms with Gasteiger partial charge in [-0.1, -0.05) is 6.92 Å². The maximum absolute atomic E-state index is 5.97. The number of methoxy groups -OCH3 is 1. The van der Waals surface area contributed by atoms with Gasteiger partial charge in [0.1, 0.15) is 5.75 Å². The summed E-state index contributed by atoms with van der Waals surface area (Å²) in [6, 6.07) is 6.02. The average Bonchev–Trinajstić information content (AvgIpc) is 2.41. The van der Waals surface area contributed by atoms with E-state index in [-0.39, 0.29) is 12.2 Å². The number of anilines is 2. The molecule has 0 bridgehead atoms. The minimum Gasteiger partial charge on any atom is -0.489 e. The molecule has 20 heavy (non-hydrogen) atoms. The summed E-state index contributed by atoms with van der Waals surface area (Å²) in [4.78, 5) is 2.35. The highest BCUT2D eigenvalue weighted by molar-refractivity contribution is 5.62. The second-order valence-electron chi connectivity index (χ2n) is 5.87. The van der Waals surface area contributed by atoms with Crippen LogP contribution in [0.4, 0.5) is 11.4 Å². The van der Waals surface area contributed by atoms with Crippen LogP contribution in [-0.4, -0.2) is 32.4 Å². The van der Waals surface area contributed by atoms with Gasteiger partial charge in [0, 0.05) is 32.0 Å². The molecule has 1 aliphatic heterocycles. The summed E-state index contributed by atoms with van der Waals surface area (Å²) in [5.74, 6) is 1.38. The lowest BCUT2D eigenvalue weighted by molar-refractivity contribution is 0.0498. The van der Waals surface area contributed by atoms with Crippen molar-refractivity contribution in [3.05, 3.63) is 18.2 Å². The Balaban J connectivity index is 2.16. The third kappa shape index (κ3) is 3.37. The highest BCUT2D eigenvalue weighted by atomic mass is 16.5. The summed E-state index contributed by atoms with van der Waals surface area (Å²) in [5.41, 5.74) is 7.82. The van der Waals surface area contributed by atoms with Gasteiger partial charge in [-0.15, -0.1) is 0 Å². The Morgan fingerprint density at radius 1 is 1.35 bits per heavy atom. The largest absolute Gasteiger partial charge is 0.489 e. The molecule has 1 aromatic rings. The Labute approximate surface area is 121 Å². The van der Waals surface area contributed by atoms with E-state index < -0.39 is 0 Å². The highest BCUT2D eigenvalue weighted by Crippen LogP contribution is 2.31. The van der Waals surface area contributed by atoms with E-state index in [9.17, 15) is 0 Å². The first kappa shape index (κ1) is 15.0. The first-order valence-corrected chi connectivity index (χ1v) is 7.35. The smallest absolute Gasteiger partial charge is 0.144 e. The van der Waals surface area contributed by atoms with Crippen LogP contribution in [0.2, 0.25) is 0 Å². The molecule has 1 fully saturated rings. The molecule has 4 nitrogen and oxygen atoms in total. The Hall–Kier alpha value is -1.42. The number of ether oxygens (including phenoxy) is 2. The molecule has 4 heteroatoms. The van der Waals surface area contributed by atoms with Crippen LogP contribution in [0.25, 0.3) is 0 Å². The Bertz CT molecular complexity index is 448. The monoisotopic (exact) mass is 278 g/mol. The first-order valence-electron chi connectivity index (χ1n) is 7.35. The molecule has 0 saturated carbocycles. The van der Waals surface area contributed by atoms with Gasteiger partial charge in [0.2, 0.25) is 0 Å². The van der Waals surface area contributed by atoms with Crippen molar-refractivity contribution in [3.8, 4) is 5.75 Å². The quantitative estimate of drug-likeness (QED) is 0.860. The van der Waals surface area contributed by atoms with Gasteiger partial charge in [-0.05, 0) is 38.3 Å². The normalized spacial score (nSPS) is 23.1. The fraction of sp³-hybridized carbons (Fsp3) is 0.625. The van der Waals surface area contributed by atoms with E-state index in [4.69, 9.17) is 15.2 Å². The average molecular weight is 278 g/mol. The van der Waals surface area contributed by atoms with Crippen molar-refractivity contribution in [2.45, 2.75) is 39.4 Å².